The van der Waals surface area contributed by atoms with Gasteiger partial charge in [0.25, 0.3) is 0 Å². The molecule has 5 nitrogen and oxygen atoms in total. The van der Waals surface area contributed by atoms with E-state index in [2.05, 4.69) is 28.9 Å². The van der Waals surface area contributed by atoms with Crippen molar-refractivity contribution >= 4 is 5.97 Å². The fraction of sp³-hybridized carbons (Fsp3) is 0.421. The second-order valence-corrected chi connectivity index (χ2v) is 6.01. The molecule has 0 spiro atoms. The topological polar surface area (TPSA) is 63.5 Å². The number of nitrogens with one attached hydrogen (secondary N) is 1. The zero-order valence-corrected chi connectivity index (χ0v) is 14.8. The fourth-order valence-electron chi connectivity index (χ4n) is 3.03. The Morgan fingerprint density at radius 1 is 1.21 bits per heavy atom. The van der Waals surface area contributed by atoms with Gasteiger partial charge in [0, 0.05) is 43.7 Å². The number of benzene rings is 1. The van der Waals surface area contributed by atoms with Gasteiger partial charge in [-0.3, -0.25) is 0 Å². The SMILES string of the molecule is COCCNCc1c(C(=O)O)c(C)n(Cc2ccccc2C)c1C. The number of aromatic carboxylic acids is 1. The first-order valence-corrected chi connectivity index (χ1v) is 8.13. The largest absolute Gasteiger partial charge is 0.478 e. The summed E-state index contributed by atoms with van der Waals surface area (Å²) in [5.41, 5.74) is 5.47. The summed E-state index contributed by atoms with van der Waals surface area (Å²) in [7, 11) is 1.65. The number of nitrogens with zero attached hydrogens (tertiary/aromatic N) is 1. The van der Waals surface area contributed by atoms with Gasteiger partial charge in [-0.25, -0.2) is 4.79 Å². The minimum atomic E-state index is -0.873. The molecule has 0 aliphatic carbocycles. The summed E-state index contributed by atoms with van der Waals surface area (Å²) in [6.07, 6.45) is 0. The number of aryl methyl sites for hydroxylation is 1. The molecule has 2 N–H and O–H groups in total. The van der Waals surface area contributed by atoms with Gasteiger partial charge in [0.2, 0.25) is 0 Å². The third kappa shape index (κ3) is 3.86. The summed E-state index contributed by atoms with van der Waals surface area (Å²) in [6.45, 7) is 8.45. The molecule has 1 heterocycles. The van der Waals surface area contributed by atoms with E-state index in [1.807, 2.05) is 26.0 Å². The predicted molar refractivity (Wildman–Crippen MR) is 94.7 cm³/mol. The van der Waals surface area contributed by atoms with Gasteiger partial charge >= 0.3 is 5.97 Å². The molecule has 0 aliphatic heterocycles. The summed E-state index contributed by atoms with van der Waals surface area (Å²) in [5, 5.41) is 12.9. The molecule has 2 rings (SSSR count). The number of ether oxygens (including phenoxy) is 1. The van der Waals surface area contributed by atoms with E-state index in [0.717, 1.165) is 17.0 Å². The predicted octanol–water partition coefficient (Wildman–Crippen LogP) is 2.90. The number of rotatable bonds is 8. The zero-order chi connectivity index (χ0) is 17.7. The van der Waals surface area contributed by atoms with Crippen molar-refractivity contribution in [1.29, 1.82) is 0 Å². The maximum absolute atomic E-state index is 11.8. The third-order valence-electron chi connectivity index (χ3n) is 4.50. The lowest BCUT2D eigenvalue weighted by Crippen LogP contribution is -2.20. The molecule has 5 heteroatoms. The lowest BCUT2D eigenvalue weighted by molar-refractivity contribution is 0.0694. The number of methoxy groups -OCH3 is 1. The molecule has 0 bridgehead atoms. The Hall–Kier alpha value is -2.11. The first-order chi connectivity index (χ1) is 11.5. The van der Waals surface area contributed by atoms with E-state index in [1.165, 1.54) is 11.1 Å². The van der Waals surface area contributed by atoms with Crippen LogP contribution in [0.5, 0.6) is 0 Å². The van der Waals surface area contributed by atoms with Crippen LogP contribution >= 0.6 is 0 Å². The second-order valence-electron chi connectivity index (χ2n) is 6.01. The maximum atomic E-state index is 11.8. The number of hydrogen-bond donors (Lipinski definition) is 2. The second kappa shape index (κ2) is 8.13. The van der Waals surface area contributed by atoms with Crippen molar-refractivity contribution in [3.63, 3.8) is 0 Å². The Labute approximate surface area is 143 Å². The van der Waals surface area contributed by atoms with Crippen LogP contribution in [-0.2, 0) is 17.8 Å². The van der Waals surface area contributed by atoms with Crippen LogP contribution in [0.15, 0.2) is 24.3 Å². The van der Waals surface area contributed by atoms with Crippen molar-refractivity contribution in [2.24, 2.45) is 0 Å². The van der Waals surface area contributed by atoms with Crippen molar-refractivity contribution in [2.45, 2.75) is 33.9 Å². The van der Waals surface area contributed by atoms with Gasteiger partial charge in [-0.2, -0.15) is 0 Å². The zero-order valence-electron chi connectivity index (χ0n) is 14.8. The molecule has 0 fully saturated rings. The Bertz CT molecular complexity index is 720. The minimum Gasteiger partial charge on any atom is -0.478 e. The highest BCUT2D eigenvalue weighted by Crippen LogP contribution is 2.24. The van der Waals surface area contributed by atoms with E-state index in [-0.39, 0.29) is 0 Å². The molecule has 0 radical (unpaired) electrons. The van der Waals surface area contributed by atoms with Crippen LogP contribution < -0.4 is 5.32 Å². The first-order valence-electron chi connectivity index (χ1n) is 8.13. The molecule has 0 amide bonds. The van der Waals surface area contributed by atoms with E-state index < -0.39 is 5.97 Å². The molecular formula is C19H26N2O3. The first kappa shape index (κ1) is 18.2. The normalized spacial score (nSPS) is 11.0. The smallest absolute Gasteiger partial charge is 0.337 e. The van der Waals surface area contributed by atoms with Gasteiger partial charge in [-0.15, -0.1) is 0 Å². The molecule has 1 aromatic carbocycles. The van der Waals surface area contributed by atoms with Gasteiger partial charge < -0.3 is 19.7 Å². The molecule has 2 aromatic rings. The number of carbonyl (C=O) groups is 1. The van der Waals surface area contributed by atoms with Gasteiger partial charge in [0.1, 0.15) is 0 Å². The summed E-state index contributed by atoms with van der Waals surface area (Å²) in [4.78, 5) is 11.8. The highest BCUT2D eigenvalue weighted by molar-refractivity contribution is 5.91. The molecule has 0 unspecified atom stereocenters. The number of aromatic nitrogens is 1. The lowest BCUT2D eigenvalue weighted by Gasteiger charge is -2.12. The highest BCUT2D eigenvalue weighted by atomic mass is 16.5. The monoisotopic (exact) mass is 330 g/mol. The van der Waals surface area contributed by atoms with Crippen LogP contribution in [0.25, 0.3) is 0 Å². The number of carboxylic acid groups (broad SMARTS) is 1. The van der Waals surface area contributed by atoms with Crippen LogP contribution in [0.1, 0.15) is 38.4 Å². The molecule has 24 heavy (non-hydrogen) atoms. The van der Waals surface area contributed by atoms with Crippen LogP contribution in [0.4, 0.5) is 0 Å². The lowest BCUT2D eigenvalue weighted by atomic mass is 10.1. The van der Waals surface area contributed by atoms with Crippen LogP contribution in [0.3, 0.4) is 0 Å². The van der Waals surface area contributed by atoms with Crippen molar-refractivity contribution in [3.8, 4) is 0 Å². The van der Waals surface area contributed by atoms with Crippen LogP contribution in [-0.4, -0.2) is 35.9 Å². The molecular weight excluding hydrogens is 304 g/mol. The molecule has 130 valence electrons. The van der Waals surface area contributed by atoms with E-state index in [1.54, 1.807) is 7.11 Å². The van der Waals surface area contributed by atoms with Gasteiger partial charge in [-0.1, -0.05) is 24.3 Å². The van der Waals surface area contributed by atoms with Crippen molar-refractivity contribution in [1.82, 2.24) is 9.88 Å². The van der Waals surface area contributed by atoms with Crippen LogP contribution in [0, 0.1) is 20.8 Å². The average molecular weight is 330 g/mol. The Morgan fingerprint density at radius 3 is 2.54 bits per heavy atom. The summed E-state index contributed by atoms with van der Waals surface area (Å²) < 4.78 is 7.12. The van der Waals surface area contributed by atoms with Crippen molar-refractivity contribution in [3.05, 3.63) is 57.9 Å². The molecule has 0 saturated heterocycles. The van der Waals surface area contributed by atoms with E-state index >= 15 is 0 Å². The summed E-state index contributed by atoms with van der Waals surface area (Å²) >= 11 is 0. The minimum absolute atomic E-state index is 0.408. The molecule has 0 aliphatic rings. The van der Waals surface area contributed by atoms with Gasteiger partial charge in [0.05, 0.1) is 12.2 Å². The molecule has 0 saturated carbocycles. The van der Waals surface area contributed by atoms with Crippen molar-refractivity contribution < 1.29 is 14.6 Å². The van der Waals surface area contributed by atoms with Crippen molar-refractivity contribution in [2.75, 3.05) is 20.3 Å². The third-order valence-corrected chi connectivity index (χ3v) is 4.50. The van der Waals surface area contributed by atoms with Gasteiger partial charge in [-0.05, 0) is 31.9 Å². The average Bonchev–Trinajstić information content (AvgIpc) is 2.78. The van der Waals surface area contributed by atoms with E-state index in [4.69, 9.17) is 4.74 Å². The quantitative estimate of drug-likeness (QED) is 0.731. The Balaban J connectivity index is 2.35. The van der Waals surface area contributed by atoms with Gasteiger partial charge in [0.15, 0.2) is 0 Å². The summed E-state index contributed by atoms with van der Waals surface area (Å²) in [5.74, 6) is -0.873. The maximum Gasteiger partial charge on any atom is 0.337 e. The molecule has 1 aromatic heterocycles. The van der Waals surface area contributed by atoms with Crippen LogP contribution in [0.2, 0.25) is 0 Å². The number of hydrogen-bond acceptors (Lipinski definition) is 3. The van der Waals surface area contributed by atoms with E-state index in [9.17, 15) is 9.90 Å². The molecule has 0 atom stereocenters. The Morgan fingerprint density at radius 2 is 1.92 bits per heavy atom. The standard InChI is InChI=1S/C19H26N2O3/c1-13-7-5-6-8-16(13)12-21-14(2)17(11-20-9-10-24-4)18(15(21)3)19(22)23/h5-8,20H,9-12H2,1-4H3,(H,22,23). The fourth-order valence-corrected chi connectivity index (χ4v) is 3.03. The number of carboxylic acids is 1. The van der Waals surface area contributed by atoms with E-state index in [0.29, 0.717) is 31.8 Å². The highest BCUT2D eigenvalue weighted by Gasteiger charge is 2.22. The Kier molecular flexibility index (Phi) is 6.17. The summed E-state index contributed by atoms with van der Waals surface area (Å²) in [6, 6.07) is 8.20.